The average Bonchev–Trinajstić information content (AvgIpc) is 3.26. The van der Waals surface area contributed by atoms with Gasteiger partial charge in [0.1, 0.15) is 28.9 Å². The molecule has 1 aliphatic heterocycles. The second-order valence-corrected chi connectivity index (χ2v) is 6.03. The Balaban J connectivity index is 2.29. The van der Waals surface area contributed by atoms with Crippen molar-refractivity contribution >= 4 is 11.9 Å². The van der Waals surface area contributed by atoms with Crippen molar-refractivity contribution in [1.82, 2.24) is 4.57 Å². The number of carbonyl (C=O) groups excluding carboxylic acids is 1. The van der Waals surface area contributed by atoms with E-state index < -0.39 is 11.9 Å². The predicted molar refractivity (Wildman–Crippen MR) is 101 cm³/mol. The molecular formula is C21H20N2O5. The minimum Gasteiger partial charge on any atom is -0.497 e. The fourth-order valence-corrected chi connectivity index (χ4v) is 3.24. The number of carbonyl (C=O) groups is 1. The molecule has 7 nitrogen and oxygen atoms in total. The van der Waals surface area contributed by atoms with Crippen LogP contribution < -0.4 is 9.47 Å². The Bertz CT molecular complexity index is 996. The van der Waals surface area contributed by atoms with Crippen LogP contribution in [0.15, 0.2) is 59.6 Å². The van der Waals surface area contributed by atoms with E-state index in [0.717, 1.165) is 0 Å². The molecule has 0 bridgehead atoms. The van der Waals surface area contributed by atoms with Gasteiger partial charge in [-0.1, -0.05) is 6.07 Å². The Labute approximate surface area is 163 Å². The van der Waals surface area contributed by atoms with Crippen molar-refractivity contribution in [1.29, 1.82) is 5.26 Å². The molecule has 144 valence electrons. The van der Waals surface area contributed by atoms with Crippen molar-refractivity contribution < 1.29 is 23.7 Å². The molecule has 0 saturated carbocycles. The Hall–Kier alpha value is -3.66. The summed E-state index contributed by atoms with van der Waals surface area (Å²) in [4.78, 5) is 12.6. The van der Waals surface area contributed by atoms with Crippen molar-refractivity contribution in [2.75, 3.05) is 21.3 Å². The maximum atomic E-state index is 12.6. The number of esters is 1. The van der Waals surface area contributed by atoms with Gasteiger partial charge in [0.25, 0.3) is 0 Å². The summed E-state index contributed by atoms with van der Waals surface area (Å²) in [6.45, 7) is 1.67. The first-order chi connectivity index (χ1) is 13.5. The monoisotopic (exact) mass is 380 g/mol. The molecule has 2 aromatic rings. The third-order valence-electron chi connectivity index (χ3n) is 4.55. The first-order valence-electron chi connectivity index (χ1n) is 8.52. The van der Waals surface area contributed by atoms with E-state index in [0.29, 0.717) is 28.7 Å². The fourth-order valence-electron chi connectivity index (χ4n) is 3.24. The number of rotatable bonds is 5. The van der Waals surface area contributed by atoms with Crippen LogP contribution in [-0.2, 0) is 14.3 Å². The standard InChI is InChI=1S/C21H20N2O5/c1-13-18(21(24)27-4)19(15-8-7-14(25-2)11-17(15)26-3)16(12-22)20(28-13)23-9-5-6-10-23/h5-11,19H,1-4H3/t19-/m1/s1. The lowest BCUT2D eigenvalue weighted by Crippen LogP contribution is -2.24. The lowest BCUT2D eigenvalue weighted by atomic mass is 9.82. The Kier molecular flexibility index (Phi) is 5.41. The van der Waals surface area contributed by atoms with Gasteiger partial charge in [0.15, 0.2) is 0 Å². The largest absolute Gasteiger partial charge is 0.497 e. The van der Waals surface area contributed by atoms with E-state index in [2.05, 4.69) is 6.07 Å². The highest BCUT2D eigenvalue weighted by Gasteiger charge is 2.38. The van der Waals surface area contributed by atoms with Crippen LogP contribution in [0, 0.1) is 11.3 Å². The zero-order chi connectivity index (χ0) is 20.3. The molecule has 0 fully saturated rings. The number of methoxy groups -OCH3 is 3. The zero-order valence-electron chi connectivity index (χ0n) is 16.1. The van der Waals surface area contributed by atoms with Gasteiger partial charge >= 0.3 is 5.97 Å². The van der Waals surface area contributed by atoms with E-state index in [1.54, 1.807) is 49.2 Å². The number of allylic oxidation sites excluding steroid dienone is 2. The lowest BCUT2D eigenvalue weighted by Gasteiger charge is -2.29. The van der Waals surface area contributed by atoms with Crippen LogP contribution in [0.1, 0.15) is 18.4 Å². The average molecular weight is 380 g/mol. The Morgan fingerprint density at radius 1 is 1.18 bits per heavy atom. The third kappa shape index (κ3) is 3.21. The topological polar surface area (TPSA) is 82.7 Å². The van der Waals surface area contributed by atoms with Crippen molar-refractivity contribution in [2.45, 2.75) is 12.8 Å². The van der Waals surface area contributed by atoms with Crippen LogP contribution in [0.2, 0.25) is 0 Å². The molecule has 0 radical (unpaired) electrons. The van der Waals surface area contributed by atoms with Gasteiger partial charge in [0.05, 0.1) is 32.8 Å². The van der Waals surface area contributed by atoms with Gasteiger partial charge in [-0.2, -0.15) is 5.26 Å². The van der Waals surface area contributed by atoms with Gasteiger partial charge in [-0.3, -0.25) is 4.57 Å². The quantitative estimate of drug-likeness (QED) is 0.739. The molecule has 28 heavy (non-hydrogen) atoms. The minimum atomic E-state index is -0.718. The lowest BCUT2D eigenvalue weighted by molar-refractivity contribution is -0.136. The van der Waals surface area contributed by atoms with Gasteiger partial charge < -0.3 is 18.9 Å². The number of benzene rings is 1. The molecule has 7 heteroatoms. The summed E-state index contributed by atoms with van der Waals surface area (Å²) in [6.07, 6.45) is 3.54. The molecule has 0 saturated heterocycles. The van der Waals surface area contributed by atoms with Crippen LogP contribution in [0.3, 0.4) is 0 Å². The highest BCUT2D eigenvalue weighted by Crippen LogP contribution is 2.45. The smallest absolute Gasteiger partial charge is 0.338 e. The van der Waals surface area contributed by atoms with E-state index in [9.17, 15) is 10.1 Å². The maximum Gasteiger partial charge on any atom is 0.338 e. The van der Waals surface area contributed by atoms with Crippen molar-refractivity contribution in [3.8, 4) is 17.6 Å². The minimum absolute atomic E-state index is 0.249. The molecule has 1 aliphatic rings. The van der Waals surface area contributed by atoms with Gasteiger partial charge in [-0.05, 0) is 25.1 Å². The van der Waals surface area contributed by atoms with Gasteiger partial charge in [-0.25, -0.2) is 4.79 Å². The molecular weight excluding hydrogens is 360 g/mol. The van der Waals surface area contributed by atoms with Gasteiger partial charge in [-0.15, -0.1) is 0 Å². The molecule has 3 rings (SSSR count). The highest BCUT2D eigenvalue weighted by molar-refractivity contribution is 5.93. The predicted octanol–water partition coefficient (Wildman–Crippen LogP) is 3.46. The summed E-state index contributed by atoms with van der Waals surface area (Å²) in [7, 11) is 4.37. The Morgan fingerprint density at radius 3 is 2.46 bits per heavy atom. The van der Waals surface area contributed by atoms with Gasteiger partial charge in [0.2, 0.25) is 5.88 Å². The number of ether oxygens (including phenoxy) is 4. The number of aromatic nitrogens is 1. The first-order valence-corrected chi connectivity index (χ1v) is 8.52. The van der Waals surface area contributed by atoms with E-state index >= 15 is 0 Å². The van der Waals surface area contributed by atoms with Crippen LogP contribution in [0.5, 0.6) is 11.5 Å². The molecule has 0 unspecified atom stereocenters. The van der Waals surface area contributed by atoms with Crippen molar-refractivity contribution in [2.24, 2.45) is 0 Å². The summed E-state index contributed by atoms with van der Waals surface area (Å²) < 4.78 is 23.3. The number of nitriles is 1. The number of hydrogen-bond donors (Lipinski definition) is 0. The second-order valence-electron chi connectivity index (χ2n) is 6.03. The van der Waals surface area contributed by atoms with Crippen LogP contribution in [0.25, 0.3) is 5.88 Å². The molecule has 1 aromatic heterocycles. The summed E-state index contributed by atoms with van der Waals surface area (Å²) >= 11 is 0. The van der Waals surface area contributed by atoms with Crippen molar-refractivity contribution in [3.63, 3.8) is 0 Å². The van der Waals surface area contributed by atoms with Gasteiger partial charge in [0, 0.05) is 24.0 Å². The molecule has 0 spiro atoms. The molecule has 0 aliphatic carbocycles. The zero-order valence-corrected chi connectivity index (χ0v) is 16.1. The molecule has 1 atom stereocenters. The first kappa shape index (κ1) is 19.1. The summed E-state index contributed by atoms with van der Waals surface area (Å²) in [5.74, 6) is 0.489. The summed E-state index contributed by atoms with van der Waals surface area (Å²) in [5, 5.41) is 9.97. The normalized spacial score (nSPS) is 16.3. The van der Waals surface area contributed by atoms with Crippen LogP contribution in [0.4, 0.5) is 0 Å². The van der Waals surface area contributed by atoms with Crippen LogP contribution >= 0.6 is 0 Å². The second kappa shape index (κ2) is 7.92. The fraction of sp³-hybridized carbons (Fsp3) is 0.238. The molecule has 0 amide bonds. The Morgan fingerprint density at radius 2 is 1.89 bits per heavy atom. The number of nitrogens with zero attached hydrogens (tertiary/aromatic N) is 2. The van der Waals surface area contributed by atoms with E-state index in [1.807, 2.05) is 12.1 Å². The third-order valence-corrected chi connectivity index (χ3v) is 4.55. The van der Waals surface area contributed by atoms with E-state index in [-0.39, 0.29) is 11.1 Å². The SMILES string of the molecule is COC(=O)C1=C(C)OC(n2cccc2)=C(C#N)[C@H]1c1ccc(OC)cc1OC. The molecule has 2 heterocycles. The molecule has 1 aromatic carbocycles. The highest BCUT2D eigenvalue weighted by atomic mass is 16.5. The maximum absolute atomic E-state index is 12.6. The van der Waals surface area contributed by atoms with Crippen LogP contribution in [-0.4, -0.2) is 31.9 Å². The summed E-state index contributed by atoms with van der Waals surface area (Å²) in [6, 6.07) is 11.1. The van der Waals surface area contributed by atoms with E-state index in [1.165, 1.54) is 14.2 Å². The van der Waals surface area contributed by atoms with Crippen molar-refractivity contribution in [3.05, 3.63) is 65.2 Å². The number of hydrogen-bond acceptors (Lipinski definition) is 6. The molecule has 0 N–H and O–H groups in total. The summed E-state index contributed by atoms with van der Waals surface area (Å²) in [5.41, 5.74) is 1.15. The van der Waals surface area contributed by atoms with E-state index in [4.69, 9.17) is 18.9 Å².